The van der Waals surface area contributed by atoms with Crippen molar-refractivity contribution in [2.24, 2.45) is 0 Å². The molecule has 2 N–H and O–H groups in total. The molecular formula is C11H17N3O2S. The van der Waals surface area contributed by atoms with Crippen molar-refractivity contribution in [2.45, 2.75) is 0 Å². The van der Waals surface area contributed by atoms with Gasteiger partial charge in [-0.3, -0.25) is 0 Å². The number of anilines is 2. The van der Waals surface area contributed by atoms with E-state index in [1.165, 1.54) is 10.6 Å². The van der Waals surface area contributed by atoms with E-state index in [0.717, 1.165) is 11.4 Å². The second-order valence-electron chi connectivity index (χ2n) is 4.21. The lowest BCUT2D eigenvalue weighted by Gasteiger charge is -2.35. The van der Waals surface area contributed by atoms with Crippen molar-refractivity contribution >= 4 is 21.4 Å². The maximum absolute atomic E-state index is 11.4. The van der Waals surface area contributed by atoms with E-state index >= 15 is 0 Å². The number of para-hydroxylation sites is 2. The van der Waals surface area contributed by atoms with E-state index in [-0.39, 0.29) is 0 Å². The Hall–Kier alpha value is -1.27. The first kappa shape index (κ1) is 12.2. The third-order valence-corrected chi connectivity index (χ3v) is 4.29. The quantitative estimate of drug-likeness (QED) is 0.774. The van der Waals surface area contributed by atoms with Gasteiger partial charge >= 0.3 is 0 Å². The minimum Gasteiger partial charge on any atom is -0.397 e. The Morgan fingerprint density at radius 2 is 1.71 bits per heavy atom. The summed E-state index contributed by atoms with van der Waals surface area (Å²) in [5.74, 6) is 0. The summed E-state index contributed by atoms with van der Waals surface area (Å²) < 4.78 is 24.3. The monoisotopic (exact) mass is 255 g/mol. The van der Waals surface area contributed by atoms with Gasteiger partial charge in [0.25, 0.3) is 0 Å². The van der Waals surface area contributed by atoms with Crippen molar-refractivity contribution in [3.05, 3.63) is 24.3 Å². The molecule has 0 amide bonds. The number of rotatable bonds is 2. The minimum absolute atomic E-state index is 0.521. The molecule has 6 heteroatoms. The molecule has 0 atom stereocenters. The average molecular weight is 255 g/mol. The molecule has 5 nitrogen and oxygen atoms in total. The van der Waals surface area contributed by atoms with Crippen LogP contribution in [0.15, 0.2) is 24.3 Å². The van der Waals surface area contributed by atoms with E-state index in [0.29, 0.717) is 26.2 Å². The summed E-state index contributed by atoms with van der Waals surface area (Å²) in [6.07, 6.45) is 1.25. The SMILES string of the molecule is CS(=O)(=O)N1CCN(c2ccccc2N)CC1. The standard InChI is InChI=1S/C11H17N3O2S/c1-17(15,16)14-8-6-13(7-9-14)11-5-3-2-4-10(11)12/h2-5H,6-9,12H2,1H3. The molecule has 1 aromatic rings. The lowest BCUT2D eigenvalue weighted by atomic mass is 10.2. The van der Waals surface area contributed by atoms with Gasteiger partial charge in [0.2, 0.25) is 10.0 Å². The van der Waals surface area contributed by atoms with Crippen molar-refractivity contribution in [3.63, 3.8) is 0 Å². The highest BCUT2D eigenvalue weighted by Crippen LogP contribution is 2.23. The molecule has 0 aromatic heterocycles. The van der Waals surface area contributed by atoms with Crippen LogP contribution in [0.4, 0.5) is 11.4 Å². The van der Waals surface area contributed by atoms with Gasteiger partial charge in [-0.2, -0.15) is 4.31 Å². The number of piperazine rings is 1. The van der Waals surface area contributed by atoms with Gasteiger partial charge in [-0.1, -0.05) is 12.1 Å². The van der Waals surface area contributed by atoms with Gasteiger partial charge in [-0.25, -0.2) is 8.42 Å². The Kier molecular flexibility index (Phi) is 3.26. The molecule has 0 radical (unpaired) electrons. The number of hydrogen-bond acceptors (Lipinski definition) is 4. The molecule has 2 rings (SSSR count). The van der Waals surface area contributed by atoms with E-state index in [4.69, 9.17) is 5.73 Å². The summed E-state index contributed by atoms with van der Waals surface area (Å²) in [5, 5.41) is 0. The lowest BCUT2D eigenvalue weighted by Crippen LogP contribution is -2.48. The van der Waals surface area contributed by atoms with Gasteiger partial charge in [0.05, 0.1) is 17.6 Å². The third kappa shape index (κ3) is 2.70. The Morgan fingerprint density at radius 1 is 1.12 bits per heavy atom. The van der Waals surface area contributed by atoms with Crippen LogP contribution in [0, 0.1) is 0 Å². The Bertz CT molecular complexity index is 493. The van der Waals surface area contributed by atoms with Gasteiger partial charge in [0.1, 0.15) is 0 Å². The van der Waals surface area contributed by atoms with E-state index < -0.39 is 10.0 Å². The van der Waals surface area contributed by atoms with Crippen molar-refractivity contribution in [2.75, 3.05) is 43.1 Å². The van der Waals surface area contributed by atoms with Crippen molar-refractivity contribution in [1.82, 2.24) is 4.31 Å². The van der Waals surface area contributed by atoms with E-state index in [9.17, 15) is 8.42 Å². The van der Waals surface area contributed by atoms with Crippen LogP contribution in [-0.2, 0) is 10.0 Å². The number of hydrogen-bond donors (Lipinski definition) is 1. The van der Waals surface area contributed by atoms with Crippen LogP contribution in [0.2, 0.25) is 0 Å². The second-order valence-corrected chi connectivity index (χ2v) is 6.19. The van der Waals surface area contributed by atoms with Crippen LogP contribution < -0.4 is 10.6 Å². The summed E-state index contributed by atoms with van der Waals surface area (Å²) >= 11 is 0. The molecule has 0 spiro atoms. The smallest absolute Gasteiger partial charge is 0.211 e. The van der Waals surface area contributed by atoms with Gasteiger partial charge in [-0.05, 0) is 12.1 Å². The number of nitrogens with zero attached hydrogens (tertiary/aromatic N) is 2. The van der Waals surface area contributed by atoms with Crippen LogP contribution in [0.25, 0.3) is 0 Å². The molecule has 1 heterocycles. The van der Waals surface area contributed by atoms with Crippen LogP contribution in [-0.4, -0.2) is 45.2 Å². The van der Waals surface area contributed by atoms with Crippen molar-refractivity contribution < 1.29 is 8.42 Å². The fraction of sp³-hybridized carbons (Fsp3) is 0.455. The molecule has 0 unspecified atom stereocenters. The number of sulfonamides is 1. The molecule has 1 fully saturated rings. The van der Waals surface area contributed by atoms with E-state index in [1.54, 1.807) is 0 Å². The lowest BCUT2D eigenvalue weighted by molar-refractivity contribution is 0.388. The highest BCUT2D eigenvalue weighted by molar-refractivity contribution is 7.88. The zero-order valence-corrected chi connectivity index (χ0v) is 10.7. The molecular weight excluding hydrogens is 238 g/mol. The highest BCUT2D eigenvalue weighted by Gasteiger charge is 2.23. The van der Waals surface area contributed by atoms with Crippen molar-refractivity contribution in [3.8, 4) is 0 Å². The molecule has 1 aliphatic rings. The second kappa shape index (κ2) is 4.54. The van der Waals surface area contributed by atoms with Gasteiger partial charge in [-0.15, -0.1) is 0 Å². The molecule has 94 valence electrons. The molecule has 17 heavy (non-hydrogen) atoms. The number of benzene rings is 1. The van der Waals surface area contributed by atoms with Crippen LogP contribution in [0.3, 0.4) is 0 Å². The Labute approximate surface area is 102 Å². The van der Waals surface area contributed by atoms with Crippen molar-refractivity contribution in [1.29, 1.82) is 0 Å². The predicted octanol–water partition coefficient (Wildman–Crippen LogP) is 0.350. The normalized spacial score (nSPS) is 18.3. The van der Waals surface area contributed by atoms with Crippen LogP contribution in [0.1, 0.15) is 0 Å². The maximum atomic E-state index is 11.4. The number of nitrogens with two attached hydrogens (primary N) is 1. The number of nitrogen functional groups attached to an aromatic ring is 1. The van der Waals surface area contributed by atoms with Crippen LogP contribution in [0.5, 0.6) is 0 Å². The third-order valence-electron chi connectivity index (χ3n) is 2.99. The molecule has 0 saturated carbocycles. The summed E-state index contributed by atoms with van der Waals surface area (Å²) in [6, 6.07) is 7.66. The summed E-state index contributed by atoms with van der Waals surface area (Å²) in [5.41, 5.74) is 7.62. The first-order valence-electron chi connectivity index (χ1n) is 5.53. The molecule has 0 bridgehead atoms. The molecule has 1 aliphatic heterocycles. The fourth-order valence-electron chi connectivity index (χ4n) is 2.04. The van der Waals surface area contributed by atoms with Gasteiger partial charge in [0.15, 0.2) is 0 Å². The zero-order valence-electron chi connectivity index (χ0n) is 9.83. The summed E-state index contributed by atoms with van der Waals surface area (Å²) in [4.78, 5) is 2.12. The molecule has 0 aliphatic carbocycles. The first-order chi connectivity index (χ1) is 7.98. The topological polar surface area (TPSA) is 66.6 Å². The molecule has 1 aromatic carbocycles. The summed E-state index contributed by atoms with van der Waals surface area (Å²) in [6.45, 7) is 2.41. The van der Waals surface area contributed by atoms with E-state index in [2.05, 4.69) is 4.90 Å². The molecule has 1 saturated heterocycles. The Balaban J connectivity index is 2.08. The highest BCUT2D eigenvalue weighted by atomic mass is 32.2. The predicted molar refractivity (Wildman–Crippen MR) is 69.5 cm³/mol. The minimum atomic E-state index is -3.07. The van der Waals surface area contributed by atoms with E-state index in [1.807, 2.05) is 24.3 Å². The van der Waals surface area contributed by atoms with Crippen LogP contribution >= 0.6 is 0 Å². The van der Waals surface area contributed by atoms with Gasteiger partial charge in [0, 0.05) is 26.2 Å². The fourth-order valence-corrected chi connectivity index (χ4v) is 2.86. The average Bonchev–Trinajstić information content (AvgIpc) is 2.29. The van der Waals surface area contributed by atoms with Gasteiger partial charge < -0.3 is 10.6 Å². The zero-order chi connectivity index (χ0) is 12.5. The summed E-state index contributed by atoms with van der Waals surface area (Å²) in [7, 11) is -3.07. The maximum Gasteiger partial charge on any atom is 0.211 e. The Morgan fingerprint density at radius 3 is 2.24 bits per heavy atom. The largest absolute Gasteiger partial charge is 0.397 e. The first-order valence-corrected chi connectivity index (χ1v) is 7.38.